The molecule has 0 aliphatic heterocycles. The van der Waals surface area contributed by atoms with Crippen molar-refractivity contribution in [2.45, 2.75) is 130 Å². The smallest absolute Gasteiger partial charge is 0.160 e. The number of ketones is 2. The molecule has 0 spiro atoms. The van der Waals surface area contributed by atoms with E-state index in [-0.39, 0.29) is 33.2 Å². The molecule has 0 atom stereocenters. The van der Waals surface area contributed by atoms with E-state index < -0.39 is 0 Å². The summed E-state index contributed by atoms with van der Waals surface area (Å²) in [6.07, 6.45) is 4.38. The Morgan fingerprint density at radius 3 is 1.17 bits per heavy atom. The molecule has 36 heavy (non-hydrogen) atoms. The first-order valence-corrected chi connectivity index (χ1v) is 13.6. The van der Waals surface area contributed by atoms with Crippen molar-refractivity contribution in [2.75, 3.05) is 0 Å². The fraction of sp³-hybridized carbons (Fsp3) is 0.588. The Hall–Kier alpha value is -2.22. The second kappa shape index (κ2) is 9.26. The lowest BCUT2D eigenvalue weighted by atomic mass is 9.79. The number of Topliss-reactive ketones (excluding diaryl/α,β-unsaturated/α-hetero) is 2. The van der Waals surface area contributed by atoms with Crippen LogP contribution in [0.4, 0.5) is 0 Å². The number of carbonyl (C=O) groups excluding carboxylic acids is 2. The average molecular weight is 489 g/mol. The van der Waals surface area contributed by atoms with E-state index in [4.69, 9.17) is 0 Å². The maximum atomic E-state index is 11.9. The van der Waals surface area contributed by atoms with Crippen LogP contribution in [0.25, 0.3) is 0 Å². The zero-order valence-electron chi connectivity index (χ0n) is 25.0. The molecule has 0 fully saturated rings. The van der Waals surface area contributed by atoms with Gasteiger partial charge in [-0.05, 0) is 107 Å². The lowest BCUT2D eigenvalue weighted by Crippen LogP contribution is -2.17. The molecule has 2 heteroatoms. The molecule has 4 rings (SSSR count). The summed E-state index contributed by atoms with van der Waals surface area (Å²) in [5.41, 5.74) is 10.4. The standard InChI is InChI=1S/2C17H24O/c2*1-11(18)14-9-12(16(2,3)4)10-15-13(14)7-8-17(15,5)6/h2*9-10H,7-8H2,1-6H3. The van der Waals surface area contributed by atoms with E-state index in [0.29, 0.717) is 0 Å². The van der Waals surface area contributed by atoms with Crippen LogP contribution < -0.4 is 0 Å². The third-order valence-electron chi connectivity index (χ3n) is 8.45. The molecule has 0 radical (unpaired) electrons. The maximum Gasteiger partial charge on any atom is 0.160 e. The summed E-state index contributed by atoms with van der Waals surface area (Å²) in [6, 6.07) is 8.88. The lowest BCUT2D eigenvalue weighted by molar-refractivity contribution is 0.100. The molecule has 2 aromatic rings. The molecule has 0 unspecified atom stereocenters. The molecule has 0 amide bonds. The van der Waals surface area contributed by atoms with Gasteiger partial charge in [0.2, 0.25) is 0 Å². The number of hydrogen-bond donors (Lipinski definition) is 0. The molecule has 2 aliphatic rings. The Bertz CT molecular complexity index is 1100. The monoisotopic (exact) mass is 488 g/mol. The van der Waals surface area contributed by atoms with E-state index in [9.17, 15) is 9.59 Å². The summed E-state index contributed by atoms with van der Waals surface area (Å²) in [7, 11) is 0. The van der Waals surface area contributed by atoms with Crippen molar-refractivity contribution in [3.05, 3.63) is 68.8 Å². The van der Waals surface area contributed by atoms with E-state index in [2.05, 4.69) is 93.5 Å². The first-order chi connectivity index (χ1) is 16.3. The molecule has 2 aliphatic carbocycles. The van der Waals surface area contributed by atoms with Crippen molar-refractivity contribution in [3.8, 4) is 0 Å². The van der Waals surface area contributed by atoms with Gasteiger partial charge in [0.1, 0.15) is 0 Å². The molecular formula is C34H48O2. The third kappa shape index (κ3) is 5.53. The molecular weight excluding hydrogens is 440 g/mol. The van der Waals surface area contributed by atoms with Crippen molar-refractivity contribution in [2.24, 2.45) is 0 Å². The van der Waals surface area contributed by atoms with Gasteiger partial charge in [-0.2, -0.15) is 0 Å². The Kier molecular flexibility index (Phi) is 7.30. The van der Waals surface area contributed by atoms with E-state index in [1.54, 1.807) is 13.8 Å². The van der Waals surface area contributed by atoms with Gasteiger partial charge in [-0.1, -0.05) is 81.4 Å². The van der Waals surface area contributed by atoms with Crippen molar-refractivity contribution >= 4 is 11.6 Å². The minimum atomic E-state index is 0.0951. The van der Waals surface area contributed by atoms with Gasteiger partial charge in [0.05, 0.1) is 0 Å². The molecule has 0 saturated carbocycles. The van der Waals surface area contributed by atoms with Crippen LogP contribution in [-0.2, 0) is 34.5 Å². The van der Waals surface area contributed by atoms with Crippen molar-refractivity contribution in [1.82, 2.24) is 0 Å². The minimum absolute atomic E-state index is 0.0951. The van der Waals surface area contributed by atoms with Gasteiger partial charge in [-0.15, -0.1) is 0 Å². The summed E-state index contributed by atoms with van der Waals surface area (Å²) >= 11 is 0. The van der Waals surface area contributed by atoms with E-state index in [0.717, 1.165) is 36.8 Å². The highest BCUT2D eigenvalue weighted by Crippen LogP contribution is 2.43. The second-order valence-corrected chi connectivity index (χ2v) is 14.5. The number of fused-ring (bicyclic) bond motifs is 2. The van der Waals surface area contributed by atoms with Gasteiger partial charge in [0, 0.05) is 11.1 Å². The van der Waals surface area contributed by atoms with Gasteiger partial charge >= 0.3 is 0 Å². The second-order valence-electron chi connectivity index (χ2n) is 14.5. The van der Waals surface area contributed by atoms with Crippen molar-refractivity contribution in [1.29, 1.82) is 0 Å². The zero-order chi connectivity index (χ0) is 27.4. The van der Waals surface area contributed by atoms with Crippen LogP contribution in [0.2, 0.25) is 0 Å². The van der Waals surface area contributed by atoms with Gasteiger partial charge < -0.3 is 0 Å². The Labute approximate surface area is 220 Å². The summed E-state index contributed by atoms with van der Waals surface area (Å²) in [6.45, 7) is 25.8. The highest BCUT2D eigenvalue weighted by Gasteiger charge is 2.35. The lowest BCUT2D eigenvalue weighted by Gasteiger charge is -2.25. The summed E-state index contributed by atoms with van der Waals surface area (Å²) in [5, 5.41) is 0. The summed E-state index contributed by atoms with van der Waals surface area (Å²) < 4.78 is 0. The van der Waals surface area contributed by atoms with Crippen molar-refractivity contribution < 1.29 is 9.59 Å². The molecule has 0 bridgehead atoms. The van der Waals surface area contributed by atoms with E-state index >= 15 is 0 Å². The molecule has 0 aromatic heterocycles. The molecule has 2 nitrogen and oxygen atoms in total. The molecule has 0 heterocycles. The quantitative estimate of drug-likeness (QED) is 0.396. The fourth-order valence-electron chi connectivity index (χ4n) is 5.73. The number of hydrogen-bond acceptors (Lipinski definition) is 2. The van der Waals surface area contributed by atoms with Crippen LogP contribution in [0.3, 0.4) is 0 Å². The molecule has 0 saturated heterocycles. The Balaban J connectivity index is 0.000000201. The van der Waals surface area contributed by atoms with E-state index in [1.807, 2.05) is 0 Å². The van der Waals surface area contributed by atoms with Gasteiger partial charge in [-0.3, -0.25) is 9.59 Å². The molecule has 0 N–H and O–H groups in total. The third-order valence-corrected chi connectivity index (χ3v) is 8.45. The predicted molar refractivity (Wildman–Crippen MR) is 153 cm³/mol. The molecule has 2 aromatic carbocycles. The van der Waals surface area contributed by atoms with Crippen LogP contribution in [0, 0.1) is 0 Å². The van der Waals surface area contributed by atoms with Crippen LogP contribution in [0.1, 0.15) is 150 Å². The van der Waals surface area contributed by atoms with Crippen molar-refractivity contribution in [3.63, 3.8) is 0 Å². The predicted octanol–water partition coefficient (Wildman–Crippen LogP) is 8.82. The Morgan fingerprint density at radius 1 is 0.611 bits per heavy atom. The van der Waals surface area contributed by atoms with Crippen LogP contribution in [-0.4, -0.2) is 11.6 Å². The zero-order valence-corrected chi connectivity index (χ0v) is 25.0. The minimum Gasteiger partial charge on any atom is -0.295 e. The summed E-state index contributed by atoms with van der Waals surface area (Å²) in [4.78, 5) is 23.8. The average Bonchev–Trinajstić information content (AvgIpc) is 3.21. The normalized spacial score (nSPS) is 17.7. The van der Waals surface area contributed by atoms with Gasteiger partial charge in [-0.25, -0.2) is 0 Å². The highest BCUT2D eigenvalue weighted by molar-refractivity contribution is 5.97. The number of benzene rings is 2. The number of rotatable bonds is 2. The Morgan fingerprint density at radius 2 is 0.917 bits per heavy atom. The van der Waals surface area contributed by atoms with Gasteiger partial charge in [0.15, 0.2) is 11.6 Å². The first kappa shape index (κ1) is 28.4. The number of carbonyl (C=O) groups is 2. The first-order valence-electron chi connectivity index (χ1n) is 13.6. The van der Waals surface area contributed by atoms with Crippen LogP contribution in [0.5, 0.6) is 0 Å². The van der Waals surface area contributed by atoms with Crippen LogP contribution in [0.15, 0.2) is 24.3 Å². The molecule has 196 valence electrons. The topological polar surface area (TPSA) is 34.1 Å². The highest BCUT2D eigenvalue weighted by atomic mass is 16.1. The van der Waals surface area contributed by atoms with Gasteiger partial charge in [0.25, 0.3) is 0 Å². The van der Waals surface area contributed by atoms with E-state index in [1.165, 1.54) is 33.4 Å². The maximum absolute atomic E-state index is 11.9. The van der Waals surface area contributed by atoms with Crippen LogP contribution >= 0.6 is 0 Å². The summed E-state index contributed by atoms with van der Waals surface area (Å²) in [5.74, 6) is 0.407. The largest absolute Gasteiger partial charge is 0.295 e. The SMILES string of the molecule is CC(=O)c1cc(C(C)(C)C)cc2c1CCC2(C)C.CC(=O)c1cc(C(C)(C)C)cc2c1CCC2(C)C. The fourth-order valence-corrected chi connectivity index (χ4v) is 5.73.